The second-order valence-corrected chi connectivity index (χ2v) is 4.54. The zero-order valence-electron chi connectivity index (χ0n) is 12.1. The number of aryl methyl sites for hydroxylation is 2. The highest BCUT2D eigenvalue weighted by molar-refractivity contribution is 5.79. The lowest BCUT2D eigenvalue weighted by Crippen LogP contribution is -2.14. The summed E-state index contributed by atoms with van der Waals surface area (Å²) >= 11 is 0. The lowest BCUT2D eigenvalue weighted by Gasteiger charge is -2.01. The summed E-state index contributed by atoms with van der Waals surface area (Å²) in [5.41, 5.74) is 11.0. The van der Waals surface area contributed by atoms with E-state index >= 15 is 0 Å². The van der Waals surface area contributed by atoms with Gasteiger partial charge >= 0.3 is 11.9 Å². The Balaban J connectivity index is 1.79. The molecule has 2 rings (SSSR count). The zero-order chi connectivity index (χ0) is 16.3. The van der Waals surface area contributed by atoms with Crippen molar-refractivity contribution in [2.24, 2.45) is 14.1 Å². The average molecular weight is 308 g/mol. The van der Waals surface area contributed by atoms with Crippen LogP contribution in [0.3, 0.4) is 0 Å². The second kappa shape index (κ2) is 6.16. The molecule has 0 bridgehead atoms. The number of aromatic nitrogens is 4. The van der Waals surface area contributed by atoms with Crippen LogP contribution in [0.1, 0.15) is 12.8 Å². The Morgan fingerprint density at radius 3 is 1.59 bits per heavy atom. The molecule has 0 aliphatic heterocycles. The van der Waals surface area contributed by atoms with Crippen LogP contribution in [0.2, 0.25) is 0 Å². The molecule has 0 aromatic carbocycles. The number of anilines is 2. The summed E-state index contributed by atoms with van der Waals surface area (Å²) in [5.74, 6) is -0.636. The van der Waals surface area contributed by atoms with Gasteiger partial charge in [-0.05, 0) is 0 Å². The molecule has 10 nitrogen and oxygen atoms in total. The lowest BCUT2D eigenvalue weighted by atomic mass is 10.3. The highest BCUT2D eigenvalue weighted by Gasteiger charge is 2.14. The van der Waals surface area contributed by atoms with E-state index in [9.17, 15) is 9.59 Å². The molecule has 0 amide bonds. The van der Waals surface area contributed by atoms with Crippen LogP contribution in [0.5, 0.6) is 11.8 Å². The van der Waals surface area contributed by atoms with Gasteiger partial charge in [-0.2, -0.15) is 9.97 Å². The normalized spacial score (nSPS) is 10.5. The number of ether oxygens (including phenoxy) is 2. The highest BCUT2D eigenvalue weighted by Crippen LogP contribution is 2.13. The Morgan fingerprint density at radius 1 is 0.955 bits per heavy atom. The van der Waals surface area contributed by atoms with Crippen LogP contribution in [-0.4, -0.2) is 31.0 Å². The number of hydrogen-bond acceptors (Lipinski definition) is 8. The molecular formula is C12H16N6O4. The van der Waals surface area contributed by atoms with Crippen LogP contribution in [0, 0.1) is 0 Å². The fraction of sp³-hybridized carbons (Fsp3) is 0.333. The number of nitrogens with zero attached hydrogens (tertiary/aromatic N) is 4. The molecule has 0 aliphatic rings. The topological polar surface area (TPSA) is 140 Å². The molecule has 0 spiro atoms. The monoisotopic (exact) mass is 308 g/mol. The molecular weight excluding hydrogens is 292 g/mol. The largest absolute Gasteiger partial charge is 0.406 e. The standard InChI is InChI=1S/C12H16N6O4/c1-17-5-7(15-11(17)13)21-9(19)3-4-10(20)22-8-6-18(2)12(14)16-8/h5-6H,3-4H2,1-2H3,(H2,13,15)(H2,14,16). The minimum atomic E-state index is -0.615. The smallest absolute Gasteiger partial charge is 0.313 e. The van der Waals surface area contributed by atoms with Crippen molar-refractivity contribution in [2.45, 2.75) is 12.8 Å². The van der Waals surface area contributed by atoms with Crippen LogP contribution in [0.4, 0.5) is 11.9 Å². The molecule has 0 saturated carbocycles. The number of nitrogen functional groups attached to an aromatic ring is 2. The molecule has 0 radical (unpaired) electrons. The summed E-state index contributed by atoms with van der Waals surface area (Å²) in [4.78, 5) is 30.8. The minimum Gasteiger partial charge on any atom is -0.406 e. The van der Waals surface area contributed by atoms with Crippen molar-refractivity contribution >= 4 is 23.8 Å². The third-order valence-corrected chi connectivity index (χ3v) is 2.75. The zero-order valence-corrected chi connectivity index (χ0v) is 12.1. The minimum absolute atomic E-state index is 0.0795. The Kier molecular flexibility index (Phi) is 4.30. The molecule has 4 N–H and O–H groups in total. The summed E-state index contributed by atoms with van der Waals surface area (Å²) in [6, 6.07) is 0. The van der Waals surface area contributed by atoms with E-state index in [4.69, 9.17) is 20.9 Å². The van der Waals surface area contributed by atoms with Crippen molar-refractivity contribution in [2.75, 3.05) is 11.5 Å². The first-order valence-corrected chi connectivity index (χ1v) is 6.34. The Bertz CT molecular complexity index is 605. The van der Waals surface area contributed by atoms with Crippen LogP contribution in [0.15, 0.2) is 12.4 Å². The molecule has 0 unspecified atom stereocenters. The predicted molar refractivity (Wildman–Crippen MR) is 75.7 cm³/mol. The van der Waals surface area contributed by atoms with Gasteiger partial charge in [0.15, 0.2) is 0 Å². The average Bonchev–Trinajstić information content (AvgIpc) is 2.90. The molecule has 2 aromatic rings. The fourth-order valence-electron chi connectivity index (χ4n) is 1.54. The summed E-state index contributed by atoms with van der Waals surface area (Å²) in [6.07, 6.45) is 2.61. The van der Waals surface area contributed by atoms with Crippen LogP contribution in [-0.2, 0) is 23.7 Å². The van der Waals surface area contributed by atoms with Crippen molar-refractivity contribution in [3.05, 3.63) is 12.4 Å². The first-order valence-electron chi connectivity index (χ1n) is 6.34. The maximum absolute atomic E-state index is 11.6. The Hall–Kier alpha value is -3.04. The van der Waals surface area contributed by atoms with Gasteiger partial charge in [-0.15, -0.1) is 0 Å². The molecule has 118 valence electrons. The molecule has 0 atom stereocenters. The maximum atomic E-state index is 11.6. The Labute approximate surface area is 125 Å². The van der Waals surface area contributed by atoms with Gasteiger partial charge in [0, 0.05) is 14.1 Å². The first-order chi connectivity index (χ1) is 10.3. The van der Waals surface area contributed by atoms with Gasteiger partial charge in [-0.25, -0.2) is 0 Å². The molecule has 22 heavy (non-hydrogen) atoms. The van der Waals surface area contributed by atoms with Gasteiger partial charge in [-0.3, -0.25) is 9.59 Å². The third kappa shape index (κ3) is 3.75. The maximum Gasteiger partial charge on any atom is 0.313 e. The molecule has 0 aliphatic carbocycles. The van der Waals surface area contributed by atoms with Gasteiger partial charge in [-0.1, -0.05) is 0 Å². The number of carbonyl (C=O) groups excluding carboxylic acids is 2. The van der Waals surface area contributed by atoms with E-state index in [0.717, 1.165) is 0 Å². The summed E-state index contributed by atoms with van der Waals surface area (Å²) in [5, 5.41) is 0. The summed E-state index contributed by atoms with van der Waals surface area (Å²) in [6.45, 7) is 0. The number of carbonyl (C=O) groups is 2. The van der Waals surface area contributed by atoms with Crippen molar-refractivity contribution in [3.63, 3.8) is 0 Å². The highest BCUT2D eigenvalue weighted by atomic mass is 16.5. The Morgan fingerprint density at radius 2 is 1.32 bits per heavy atom. The van der Waals surface area contributed by atoms with E-state index in [1.165, 1.54) is 21.5 Å². The van der Waals surface area contributed by atoms with Gasteiger partial charge in [0.1, 0.15) is 0 Å². The predicted octanol–water partition coefficient (Wildman–Crippen LogP) is -0.391. The molecule has 0 saturated heterocycles. The lowest BCUT2D eigenvalue weighted by molar-refractivity contribution is -0.140. The van der Waals surface area contributed by atoms with Crippen LogP contribution >= 0.6 is 0 Å². The van der Waals surface area contributed by atoms with Crippen LogP contribution < -0.4 is 20.9 Å². The fourth-order valence-corrected chi connectivity index (χ4v) is 1.54. The summed E-state index contributed by atoms with van der Waals surface area (Å²) in [7, 11) is 3.32. The van der Waals surface area contributed by atoms with E-state index < -0.39 is 11.9 Å². The van der Waals surface area contributed by atoms with Gasteiger partial charge in [0.25, 0.3) is 0 Å². The molecule has 2 aromatic heterocycles. The number of hydrogen-bond donors (Lipinski definition) is 2. The van der Waals surface area contributed by atoms with E-state index in [1.807, 2.05) is 0 Å². The van der Waals surface area contributed by atoms with Crippen molar-refractivity contribution in [1.82, 2.24) is 19.1 Å². The van der Waals surface area contributed by atoms with Gasteiger partial charge in [0.05, 0.1) is 25.2 Å². The number of nitrogens with two attached hydrogens (primary N) is 2. The van der Waals surface area contributed by atoms with Crippen LogP contribution in [0.25, 0.3) is 0 Å². The molecule has 2 heterocycles. The van der Waals surface area contributed by atoms with Crippen molar-refractivity contribution < 1.29 is 19.1 Å². The summed E-state index contributed by atoms with van der Waals surface area (Å²) < 4.78 is 12.9. The first kappa shape index (κ1) is 15.4. The van der Waals surface area contributed by atoms with Crippen molar-refractivity contribution in [3.8, 4) is 11.8 Å². The number of rotatable bonds is 5. The van der Waals surface area contributed by atoms with Gasteiger partial charge in [0.2, 0.25) is 23.7 Å². The van der Waals surface area contributed by atoms with Crippen molar-refractivity contribution in [1.29, 1.82) is 0 Å². The molecule has 0 fully saturated rings. The quantitative estimate of drug-likeness (QED) is 0.711. The second-order valence-electron chi connectivity index (χ2n) is 4.54. The van der Waals surface area contributed by atoms with Gasteiger partial charge < -0.3 is 30.1 Å². The van der Waals surface area contributed by atoms with E-state index in [-0.39, 0.29) is 36.5 Å². The van der Waals surface area contributed by atoms with E-state index in [1.54, 1.807) is 14.1 Å². The SMILES string of the molecule is Cn1cc(OC(=O)CCC(=O)Oc2cn(C)c(N)n2)nc1N. The van der Waals surface area contributed by atoms with E-state index in [0.29, 0.717) is 0 Å². The third-order valence-electron chi connectivity index (χ3n) is 2.75. The molecule has 10 heteroatoms. The number of esters is 2. The van der Waals surface area contributed by atoms with E-state index in [2.05, 4.69) is 9.97 Å². The number of imidazole rings is 2.